The largest absolute Gasteiger partial charge is 0.492 e. The number of nitrogens with one attached hydrogen (secondary N) is 1. The molecule has 0 aliphatic heterocycles. The molecule has 1 amide bonds. The molecular weight excluding hydrogens is 490 g/mol. The Morgan fingerprint density at radius 2 is 1.81 bits per heavy atom. The minimum atomic E-state index is -0.155. The van der Waals surface area contributed by atoms with Crippen LogP contribution in [0.4, 0.5) is 5.69 Å². The van der Waals surface area contributed by atoms with Gasteiger partial charge in [-0.2, -0.15) is 0 Å². The molecule has 1 N–H and O–H groups in total. The van der Waals surface area contributed by atoms with E-state index in [4.69, 9.17) is 4.74 Å². The van der Waals surface area contributed by atoms with E-state index in [1.54, 1.807) is 12.4 Å². The Morgan fingerprint density at radius 1 is 1.06 bits per heavy atom. The summed E-state index contributed by atoms with van der Waals surface area (Å²) < 4.78 is 8.49. The van der Waals surface area contributed by atoms with Crippen LogP contribution >= 0.6 is 27.7 Å². The molecule has 32 heavy (non-hydrogen) atoms. The summed E-state index contributed by atoms with van der Waals surface area (Å²) in [6, 6.07) is 19.0. The van der Waals surface area contributed by atoms with Gasteiger partial charge in [-0.25, -0.2) is 0 Å². The first-order valence-electron chi connectivity index (χ1n) is 9.92. The van der Waals surface area contributed by atoms with E-state index in [1.165, 1.54) is 11.8 Å². The van der Waals surface area contributed by atoms with Gasteiger partial charge in [0, 0.05) is 28.1 Å². The Morgan fingerprint density at radius 3 is 2.56 bits per heavy atom. The quantitative estimate of drug-likeness (QED) is 0.328. The van der Waals surface area contributed by atoms with Gasteiger partial charge < -0.3 is 10.1 Å². The lowest BCUT2D eigenvalue weighted by Gasteiger charge is -2.12. The first-order chi connectivity index (χ1) is 15.7. The maximum Gasteiger partial charge on any atom is 0.234 e. The van der Waals surface area contributed by atoms with Gasteiger partial charge in [-0.15, -0.1) is 10.2 Å². The first kappa shape index (κ1) is 22.0. The second-order valence-electron chi connectivity index (χ2n) is 6.62. The van der Waals surface area contributed by atoms with Crippen LogP contribution in [0.1, 0.15) is 6.92 Å². The number of nitrogens with zero attached hydrogens (tertiary/aromatic N) is 4. The van der Waals surface area contributed by atoms with E-state index >= 15 is 0 Å². The Balaban J connectivity index is 1.57. The van der Waals surface area contributed by atoms with Crippen LogP contribution in [-0.2, 0) is 4.79 Å². The normalized spacial score (nSPS) is 10.7. The lowest BCUT2D eigenvalue weighted by atomic mass is 10.2. The van der Waals surface area contributed by atoms with Crippen molar-refractivity contribution in [3.63, 3.8) is 0 Å². The molecule has 0 atom stereocenters. The smallest absolute Gasteiger partial charge is 0.234 e. The van der Waals surface area contributed by atoms with E-state index in [2.05, 4.69) is 36.4 Å². The second kappa shape index (κ2) is 10.4. The molecule has 9 heteroatoms. The summed E-state index contributed by atoms with van der Waals surface area (Å²) in [5.74, 6) is 1.34. The molecule has 2 heterocycles. The molecule has 0 bridgehead atoms. The number of carbonyl (C=O) groups is 1. The van der Waals surface area contributed by atoms with Crippen LogP contribution in [0.15, 0.2) is 82.7 Å². The summed E-state index contributed by atoms with van der Waals surface area (Å²) in [4.78, 5) is 16.7. The average Bonchev–Trinajstić information content (AvgIpc) is 3.24. The van der Waals surface area contributed by atoms with E-state index < -0.39 is 0 Å². The number of carbonyl (C=O) groups excluding carboxylic acids is 1. The monoisotopic (exact) mass is 509 g/mol. The molecule has 4 rings (SSSR count). The molecule has 0 saturated carbocycles. The summed E-state index contributed by atoms with van der Waals surface area (Å²) >= 11 is 4.79. The summed E-state index contributed by atoms with van der Waals surface area (Å²) in [6.45, 7) is 2.43. The standard InChI is InChI=1S/C23H20BrN5O2S/c1-2-31-20-6-4-3-5-19(20)26-21(30)15-32-23-28-27-22(16-11-13-25-14-12-16)29(23)18-9-7-17(24)8-10-18/h3-14H,2,15H2,1H3,(H,26,30). The number of thioether (sulfide) groups is 1. The molecule has 2 aromatic heterocycles. The van der Waals surface area contributed by atoms with Gasteiger partial charge in [-0.3, -0.25) is 14.3 Å². The highest BCUT2D eigenvalue weighted by molar-refractivity contribution is 9.10. The molecule has 7 nitrogen and oxygen atoms in total. The van der Waals surface area contributed by atoms with Gasteiger partial charge in [-0.1, -0.05) is 39.8 Å². The fourth-order valence-electron chi connectivity index (χ4n) is 3.04. The average molecular weight is 510 g/mol. The molecule has 4 aromatic rings. The second-order valence-corrected chi connectivity index (χ2v) is 8.48. The molecule has 0 unspecified atom stereocenters. The van der Waals surface area contributed by atoms with Gasteiger partial charge in [-0.05, 0) is 55.5 Å². The van der Waals surface area contributed by atoms with Crippen LogP contribution in [0.5, 0.6) is 5.75 Å². The number of anilines is 1. The Kier molecular flexibility index (Phi) is 7.18. The summed E-state index contributed by atoms with van der Waals surface area (Å²) in [5.41, 5.74) is 2.43. The number of aromatic nitrogens is 4. The third kappa shape index (κ3) is 5.17. The van der Waals surface area contributed by atoms with Gasteiger partial charge in [0.1, 0.15) is 5.75 Å². The number of hydrogen-bond acceptors (Lipinski definition) is 6. The van der Waals surface area contributed by atoms with Crippen molar-refractivity contribution in [1.82, 2.24) is 19.7 Å². The minimum absolute atomic E-state index is 0.155. The maximum atomic E-state index is 12.7. The van der Waals surface area contributed by atoms with Gasteiger partial charge in [0.05, 0.1) is 18.0 Å². The van der Waals surface area contributed by atoms with Crippen LogP contribution in [0, 0.1) is 0 Å². The fraction of sp³-hybridized carbons (Fsp3) is 0.130. The molecule has 0 spiro atoms. The zero-order valence-electron chi connectivity index (χ0n) is 17.2. The molecule has 0 aliphatic carbocycles. The summed E-state index contributed by atoms with van der Waals surface area (Å²) in [7, 11) is 0. The van der Waals surface area contributed by atoms with Crippen molar-refractivity contribution in [1.29, 1.82) is 0 Å². The van der Waals surface area contributed by atoms with Gasteiger partial charge in [0.25, 0.3) is 0 Å². The van der Waals surface area contributed by atoms with Crippen LogP contribution in [-0.4, -0.2) is 38.0 Å². The first-order valence-corrected chi connectivity index (χ1v) is 11.7. The molecule has 162 valence electrons. The van der Waals surface area contributed by atoms with E-state index in [-0.39, 0.29) is 11.7 Å². The van der Waals surface area contributed by atoms with Crippen molar-refractivity contribution in [3.8, 4) is 22.8 Å². The number of para-hydroxylation sites is 2. The number of ether oxygens (including phenoxy) is 1. The predicted octanol–water partition coefficient (Wildman–Crippen LogP) is 5.22. The van der Waals surface area contributed by atoms with E-state index in [0.717, 1.165) is 15.7 Å². The zero-order valence-corrected chi connectivity index (χ0v) is 19.6. The van der Waals surface area contributed by atoms with Crippen molar-refractivity contribution in [3.05, 3.63) is 77.5 Å². The number of amides is 1. The number of halogens is 1. The van der Waals surface area contributed by atoms with E-state index in [1.807, 2.05) is 72.2 Å². The summed E-state index contributed by atoms with van der Waals surface area (Å²) in [6.07, 6.45) is 3.43. The Bertz CT molecular complexity index is 1200. The lowest BCUT2D eigenvalue weighted by Crippen LogP contribution is -2.15. The third-order valence-electron chi connectivity index (χ3n) is 4.45. The fourth-order valence-corrected chi connectivity index (χ4v) is 4.06. The maximum absolute atomic E-state index is 12.7. The SMILES string of the molecule is CCOc1ccccc1NC(=O)CSc1nnc(-c2ccncc2)n1-c1ccc(Br)cc1. The minimum Gasteiger partial charge on any atom is -0.492 e. The highest BCUT2D eigenvalue weighted by Crippen LogP contribution is 2.29. The predicted molar refractivity (Wildman–Crippen MR) is 129 cm³/mol. The topological polar surface area (TPSA) is 81.9 Å². The number of benzene rings is 2. The van der Waals surface area contributed by atoms with Crippen molar-refractivity contribution < 1.29 is 9.53 Å². The van der Waals surface area contributed by atoms with Gasteiger partial charge >= 0.3 is 0 Å². The van der Waals surface area contributed by atoms with Crippen LogP contribution < -0.4 is 10.1 Å². The van der Waals surface area contributed by atoms with Crippen molar-refractivity contribution >= 4 is 39.3 Å². The molecular formula is C23H20BrN5O2S. The van der Waals surface area contributed by atoms with E-state index in [0.29, 0.717) is 29.0 Å². The Labute approximate surface area is 198 Å². The third-order valence-corrected chi connectivity index (χ3v) is 5.91. The zero-order chi connectivity index (χ0) is 22.3. The highest BCUT2D eigenvalue weighted by atomic mass is 79.9. The molecule has 0 aliphatic rings. The Hall–Kier alpha value is -3.17. The van der Waals surface area contributed by atoms with Crippen LogP contribution in [0.3, 0.4) is 0 Å². The highest BCUT2D eigenvalue weighted by Gasteiger charge is 2.18. The lowest BCUT2D eigenvalue weighted by molar-refractivity contribution is -0.113. The van der Waals surface area contributed by atoms with Crippen molar-refractivity contribution in [2.45, 2.75) is 12.1 Å². The van der Waals surface area contributed by atoms with Gasteiger partial charge in [0.15, 0.2) is 11.0 Å². The molecule has 2 aromatic carbocycles. The van der Waals surface area contributed by atoms with Crippen molar-refractivity contribution in [2.24, 2.45) is 0 Å². The molecule has 0 saturated heterocycles. The van der Waals surface area contributed by atoms with E-state index in [9.17, 15) is 4.79 Å². The molecule has 0 fully saturated rings. The molecule has 0 radical (unpaired) electrons. The van der Waals surface area contributed by atoms with Crippen molar-refractivity contribution in [2.75, 3.05) is 17.7 Å². The number of rotatable bonds is 8. The van der Waals surface area contributed by atoms with Crippen LogP contribution in [0.25, 0.3) is 17.1 Å². The van der Waals surface area contributed by atoms with Crippen LogP contribution in [0.2, 0.25) is 0 Å². The number of pyridine rings is 1. The number of hydrogen-bond donors (Lipinski definition) is 1. The summed E-state index contributed by atoms with van der Waals surface area (Å²) in [5, 5.41) is 12.3. The van der Waals surface area contributed by atoms with Gasteiger partial charge in [0.2, 0.25) is 5.91 Å².